The number of hydrogen-bond acceptors (Lipinski definition) is 1. The van der Waals surface area contributed by atoms with E-state index in [0.717, 1.165) is 25.2 Å². The van der Waals surface area contributed by atoms with Crippen molar-refractivity contribution in [3.05, 3.63) is 29.3 Å². The van der Waals surface area contributed by atoms with Gasteiger partial charge in [-0.1, -0.05) is 45.6 Å². The summed E-state index contributed by atoms with van der Waals surface area (Å²) in [4.78, 5) is 0. The molecule has 0 N–H and O–H groups in total. The molecule has 1 nitrogen and oxygen atoms in total. The van der Waals surface area contributed by atoms with Crippen molar-refractivity contribution in [1.82, 2.24) is 0 Å². The summed E-state index contributed by atoms with van der Waals surface area (Å²) in [7, 11) is 0. The number of hydrogen-bond donors (Lipinski definition) is 0. The highest BCUT2D eigenvalue weighted by atomic mass is 35.5. The van der Waals surface area contributed by atoms with Crippen LogP contribution in [0.2, 0.25) is 0 Å². The quantitative estimate of drug-likeness (QED) is 0.393. The molecule has 1 aromatic carbocycles. The van der Waals surface area contributed by atoms with Crippen LogP contribution in [0.4, 0.5) is 0 Å². The van der Waals surface area contributed by atoms with Gasteiger partial charge < -0.3 is 4.74 Å². The summed E-state index contributed by atoms with van der Waals surface area (Å²) in [6.07, 6.45) is 8.51. The Kier molecular flexibility index (Phi) is 8.73. The van der Waals surface area contributed by atoms with Gasteiger partial charge in [-0.15, -0.1) is 11.6 Å². The van der Waals surface area contributed by atoms with E-state index >= 15 is 0 Å². The summed E-state index contributed by atoms with van der Waals surface area (Å²) in [5.41, 5.74) is 2.59. The zero-order chi connectivity index (χ0) is 13.9. The lowest BCUT2D eigenvalue weighted by Crippen LogP contribution is -1.99. The van der Waals surface area contributed by atoms with E-state index < -0.39 is 0 Å². The number of aryl methyl sites for hydroxylation is 1. The molecule has 19 heavy (non-hydrogen) atoms. The standard InChI is InChI=1S/C17H27ClO/c1-3-5-7-8-12-19-17-11-10-16(14-18)15(13-17)9-6-4-2/h10-11,13H,3-9,12,14H2,1-2H3. The topological polar surface area (TPSA) is 9.23 Å². The Morgan fingerprint density at radius 3 is 2.42 bits per heavy atom. The molecule has 0 aliphatic carbocycles. The summed E-state index contributed by atoms with van der Waals surface area (Å²) < 4.78 is 5.83. The lowest BCUT2D eigenvalue weighted by atomic mass is 10.0. The number of unbranched alkanes of at least 4 members (excludes halogenated alkanes) is 4. The molecule has 108 valence electrons. The van der Waals surface area contributed by atoms with Crippen molar-refractivity contribution < 1.29 is 4.74 Å². The van der Waals surface area contributed by atoms with Gasteiger partial charge in [0.2, 0.25) is 0 Å². The Hall–Kier alpha value is -0.690. The van der Waals surface area contributed by atoms with Gasteiger partial charge in [0.25, 0.3) is 0 Å². The predicted octanol–water partition coefficient (Wildman–Crippen LogP) is 5.73. The van der Waals surface area contributed by atoms with Gasteiger partial charge in [0, 0.05) is 5.88 Å². The zero-order valence-electron chi connectivity index (χ0n) is 12.4. The number of alkyl halides is 1. The van der Waals surface area contributed by atoms with Gasteiger partial charge in [-0.05, 0) is 42.5 Å². The van der Waals surface area contributed by atoms with Crippen LogP contribution >= 0.6 is 11.6 Å². The van der Waals surface area contributed by atoms with Crippen LogP contribution in [0.1, 0.15) is 63.5 Å². The van der Waals surface area contributed by atoms with Gasteiger partial charge in [-0.25, -0.2) is 0 Å². The molecule has 0 aromatic heterocycles. The number of rotatable bonds is 10. The third-order valence-electron chi connectivity index (χ3n) is 3.39. The lowest BCUT2D eigenvalue weighted by molar-refractivity contribution is 0.304. The molecular weight excluding hydrogens is 256 g/mol. The van der Waals surface area contributed by atoms with Gasteiger partial charge in [0.1, 0.15) is 5.75 Å². The largest absolute Gasteiger partial charge is 0.494 e. The molecule has 2 heteroatoms. The molecule has 0 saturated carbocycles. The summed E-state index contributed by atoms with van der Waals surface area (Å²) in [5, 5.41) is 0. The molecule has 0 heterocycles. The van der Waals surface area contributed by atoms with Crippen LogP contribution in [-0.2, 0) is 12.3 Å². The third-order valence-corrected chi connectivity index (χ3v) is 3.68. The molecule has 0 aliphatic rings. The number of benzene rings is 1. The average molecular weight is 283 g/mol. The van der Waals surface area contributed by atoms with Gasteiger partial charge in [-0.2, -0.15) is 0 Å². The van der Waals surface area contributed by atoms with Gasteiger partial charge >= 0.3 is 0 Å². The van der Waals surface area contributed by atoms with Crippen molar-refractivity contribution >= 4 is 11.6 Å². The second-order valence-corrected chi connectivity index (χ2v) is 5.34. The first-order chi connectivity index (χ1) is 9.31. The Labute approximate surface area is 123 Å². The minimum absolute atomic E-state index is 0.593. The third kappa shape index (κ3) is 6.33. The van der Waals surface area contributed by atoms with Crippen LogP contribution in [-0.4, -0.2) is 6.61 Å². The van der Waals surface area contributed by atoms with Crippen molar-refractivity contribution in [1.29, 1.82) is 0 Å². The first kappa shape index (κ1) is 16.4. The van der Waals surface area contributed by atoms with Crippen LogP contribution in [0, 0.1) is 0 Å². The van der Waals surface area contributed by atoms with Crippen molar-refractivity contribution in [2.75, 3.05) is 6.61 Å². The van der Waals surface area contributed by atoms with E-state index in [1.54, 1.807) is 0 Å². The molecule has 0 spiro atoms. The summed E-state index contributed by atoms with van der Waals surface area (Å²) in [6.45, 7) is 5.27. The van der Waals surface area contributed by atoms with E-state index in [1.807, 2.05) is 6.07 Å². The Morgan fingerprint density at radius 1 is 0.947 bits per heavy atom. The summed E-state index contributed by atoms with van der Waals surface area (Å²) in [5.74, 6) is 1.59. The fourth-order valence-electron chi connectivity index (χ4n) is 2.14. The highest BCUT2D eigenvalue weighted by molar-refractivity contribution is 6.17. The highest BCUT2D eigenvalue weighted by Crippen LogP contribution is 2.21. The predicted molar refractivity (Wildman–Crippen MR) is 84.2 cm³/mol. The molecule has 0 unspecified atom stereocenters. The molecule has 0 saturated heterocycles. The number of ether oxygens (including phenoxy) is 1. The Balaban J connectivity index is 2.49. The smallest absolute Gasteiger partial charge is 0.119 e. The maximum atomic E-state index is 5.98. The molecular formula is C17H27ClO. The van der Waals surface area contributed by atoms with Crippen molar-refractivity contribution in [2.45, 2.75) is 64.7 Å². The Bertz CT molecular complexity index is 349. The maximum absolute atomic E-state index is 5.98. The lowest BCUT2D eigenvalue weighted by Gasteiger charge is -2.11. The van der Waals surface area contributed by atoms with E-state index in [9.17, 15) is 0 Å². The molecule has 1 rings (SSSR count). The van der Waals surface area contributed by atoms with E-state index in [-0.39, 0.29) is 0 Å². The Morgan fingerprint density at radius 2 is 1.74 bits per heavy atom. The molecule has 0 fully saturated rings. The molecule has 0 amide bonds. The monoisotopic (exact) mass is 282 g/mol. The van der Waals surface area contributed by atoms with Crippen LogP contribution in [0.3, 0.4) is 0 Å². The van der Waals surface area contributed by atoms with Gasteiger partial charge in [0.05, 0.1) is 6.61 Å². The van der Waals surface area contributed by atoms with Crippen LogP contribution < -0.4 is 4.74 Å². The van der Waals surface area contributed by atoms with Crippen LogP contribution in [0.25, 0.3) is 0 Å². The highest BCUT2D eigenvalue weighted by Gasteiger charge is 2.04. The summed E-state index contributed by atoms with van der Waals surface area (Å²) in [6, 6.07) is 6.33. The van der Waals surface area contributed by atoms with Crippen LogP contribution in [0.5, 0.6) is 5.75 Å². The van der Waals surface area contributed by atoms with Gasteiger partial charge in [-0.3, -0.25) is 0 Å². The fraction of sp³-hybridized carbons (Fsp3) is 0.647. The van der Waals surface area contributed by atoms with Gasteiger partial charge in [0.15, 0.2) is 0 Å². The zero-order valence-corrected chi connectivity index (χ0v) is 13.1. The van der Waals surface area contributed by atoms with E-state index in [1.165, 1.54) is 43.2 Å². The van der Waals surface area contributed by atoms with Crippen molar-refractivity contribution in [3.63, 3.8) is 0 Å². The second kappa shape index (κ2) is 10.1. The maximum Gasteiger partial charge on any atom is 0.119 e. The molecule has 1 aromatic rings. The van der Waals surface area contributed by atoms with Crippen LogP contribution in [0.15, 0.2) is 18.2 Å². The van der Waals surface area contributed by atoms with E-state index in [4.69, 9.17) is 16.3 Å². The SMILES string of the molecule is CCCCCCOc1ccc(CCl)c(CCCC)c1. The van der Waals surface area contributed by atoms with E-state index in [0.29, 0.717) is 5.88 Å². The first-order valence-corrected chi connectivity index (χ1v) is 8.15. The molecule has 0 bridgehead atoms. The van der Waals surface area contributed by atoms with E-state index in [2.05, 4.69) is 26.0 Å². The molecule has 0 aliphatic heterocycles. The number of halogens is 1. The summed E-state index contributed by atoms with van der Waals surface area (Å²) >= 11 is 5.98. The fourth-order valence-corrected chi connectivity index (χ4v) is 2.40. The normalized spacial score (nSPS) is 10.7. The molecule has 0 atom stereocenters. The first-order valence-electron chi connectivity index (χ1n) is 7.62. The minimum Gasteiger partial charge on any atom is -0.494 e. The second-order valence-electron chi connectivity index (χ2n) is 5.08. The van der Waals surface area contributed by atoms with Crippen molar-refractivity contribution in [2.24, 2.45) is 0 Å². The minimum atomic E-state index is 0.593. The average Bonchev–Trinajstić information content (AvgIpc) is 2.45. The van der Waals surface area contributed by atoms with Crippen molar-refractivity contribution in [3.8, 4) is 5.75 Å². The molecule has 0 radical (unpaired) electrons.